The summed E-state index contributed by atoms with van der Waals surface area (Å²) in [5.41, 5.74) is 1.40. The predicted octanol–water partition coefficient (Wildman–Crippen LogP) is 1.07. The molecule has 0 bridgehead atoms. The first-order valence-corrected chi connectivity index (χ1v) is 8.54. The minimum atomic E-state index is -0.567. The molecule has 0 radical (unpaired) electrons. The largest absolute Gasteiger partial charge is 0.468 e. The molecule has 1 aliphatic heterocycles. The Morgan fingerprint density at radius 3 is 2.17 bits per heavy atom. The Hall–Kier alpha value is -4.01. The molecule has 29 heavy (non-hydrogen) atoms. The number of anilines is 1. The number of methoxy groups -OCH3 is 1. The Morgan fingerprint density at radius 2 is 1.52 bits per heavy atom. The molecule has 0 fully saturated rings. The first-order valence-electron chi connectivity index (χ1n) is 8.54. The number of hydrogen-bond donors (Lipinski definition) is 2. The van der Waals surface area contributed by atoms with E-state index in [4.69, 9.17) is 0 Å². The lowest BCUT2D eigenvalue weighted by atomic mass is 10.1. The van der Waals surface area contributed by atoms with Crippen molar-refractivity contribution >= 4 is 35.3 Å². The van der Waals surface area contributed by atoms with Gasteiger partial charge in [-0.3, -0.25) is 28.9 Å². The van der Waals surface area contributed by atoms with Crippen molar-refractivity contribution < 1.29 is 28.7 Å². The number of carbonyl (C=O) groups is 5. The second kappa shape index (κ2) is 7.93. The van der Waals surface area contributed by atoms with Crippen molar-refractivity contribution in [2.75, 3.05) is 26.0 Å². The molecular weight excluding hydrogens is 378 g/mol. The van der Waals surface area contributed by atoms with E-state index in [1.165, 1.54) is 56.6 Å². The molecular formula is C20H17N3O6. The van der Waals surface area contributed by atoms with Crippen molar-refractivity contribution in [2.45, 2.75) is 0 Å². The topological polar surface area (TPSA) is 122 Å². The van der Waals surface area contributed by atoms with Gasteiger partial charge in [-0.1, -0.05) is 0 Å². The molecule has 0 aromatic heterocycles. The van der Waals surface area contributed by atoms with Crippen LogP contribution in [0.5, 0.6) is 0 Å². The second-order valence-corrected chi connectivity index (χ2v) is 6.22. The molecule has 9 nitrogen and oxygen atoms in total. The first-order chi connectivity index (χ1) is 13.8. The van der Waals surface area contributed by atoms with Gasteiger partial charge in [-0.15, -0.1) is 0 Å². The predicted molar refractivity (Wildman–Crippen MR) is 102 cm³/mol. The molecule has 0 unspecified atom stereocenters. The van der Waals surface area contributed by atoms with E-state index in [-0.39, 0.29) is 23.2 Å². The van der Waals surface area contributed by atoms with Gasteiger partial charge in [0.2, 0.25) is 0 Å². The smallest absolute Gasteiger partial charge is 0.325 e. The van der Waals surface area contributed by atoms with E-state index in [9.17, 15) is 24.0 Å². The zero-order chi connectivity index (χ0) is 21.1. The van der Waals surface area contributed by atoms with Crippen LogP contribution in [0.15, 0.2) is 42.5 Å². The van der Waals surface area contributed by atoms with E-state index in [0.717, 1.165) is 4.90 Å². The van der Waals surface area contributed by atoms with Crippen molar-refractivity contribution in [3.63, 3.8) is 0 Å². The zero-order valence-electron chi connectivity index (χ0n) is 15.6. The summed E-state index contributed by atoms with van der Waals surface area (Å²) in [6.07, 6.45) is 0. The van der Waals surface area contributed by atoms with Crippen molar-refractivity contribution in [3.05, 3.63) is 64.7 Å². The highest BCUT2D eigenvalue weighted by atomic mass is 16.5. The average molecular weight is 395 g/mol. The van der Waals surface area contributed by atoms with Gasteiger partial charge in [-0.25, -0.2) is 0 Å². The molecule has 0 aliphatic carbocycles. The molecule has 0 atom stereocenters. The molecule has 1 heterocycles. The normalized spacial score (nSPS) is 12.4. The highest BCUT2D eigenvalue weighted by molar-refractivity contribution is 6.22. The van der Waals surface area contributed by atoms with Crippen molar-refractivity contribution in [1.29, 1.82) is 0 Å². The Morgan fingerprint density at radius 1 is 0.897 bits per heavy atom. The van der Waals surface area contributed by atoms with Crippen LogP contribution in [0.3, 0.4) is 0 Å². The fourth-order valence-electron chi connectivity index (χ4n) is 2.74. The maximum Gasteiger partial charge on any atom is 0.325 e. The third-order valence-electron chi connectivity index (χ3n) is 4.38. The summed E-state index contributed by atoms with van der Waals surface area (Å²) in [4.78, 5) is 60.4. The van der Waals surface area contributed by atoms with Gasteiger partial charge in [0.05, 0.1) is 18.2 Å². The Labute approximate surface area is 165 Å². The molecule has 0 saturated heterocycles. The SMILES string of the molecule is COC(=O)CNC(=O)c1ccc(NC(=O)c2ccc3c(c2)C(=O)N(C)C3=O)cc1. The molecule has 1 aliphatic rings. The molecule has 3 rings (SSSR count). The lowest BCUT2D eigenvalue weighted by Gasteiger charge is -2.08. The summed E-state index contributed by atoms with van der Waals surface area (Å²) in [5, 5.41) is 5.06. The van der Waals surface area contributed by atoms with Crippen molar-refractivity contribution in [1.82, 2.24) is 10.2 Å². The van der Waals surface area contributed by atoms with Crippen molar-refractivity contribution in [2.24, 2.45) is 0 Å². The number of imide groups is 1. The van der Waals surface area contributed by atoms with Gasteiger partial charge in [0.15, 0.2) is 0 Å². The molecule has 0 spiro atoms. The third kappa shape index (κ3) is 3.98. The maximum atomic E-state index is 12.5. The highest BCUT2D eigenvalue weighted by Gasteiger charge is 2.33. The minimum absolute atomic E-state index is 0.183. The monoisotopic (exact) mass is 395 g/mol. The second-order valence-electron chi connectivity index (χ2n) is 6.22. The summed E-state index contributed by atoms with van der Waals surface area (Å²) in [6.45, 7) is -0.247. The van der Waals surface area contributed by atoms with E-state index >= 15 is 0 Å². The van der Waals surface area contributed by atoms with Gasteiger partial charge in [-0.05, 0) is 42.5 Å². The van der Waals surface area contributed by atoms with Crippen molar-refractivity contribution in [3.8, 4) is 0 Å². The number of benzene rings is 2. The van der Waals surface area contributed by atoms with E-state index < -0.39 is 29.6 Å². The quantitative estimate of drug-likeness (QED) is 0.577. The zero-order valence-corrected chi connectivity index (χ0v) is 15.6. The highest BCUT2D eigenvalue weighted by Crippen LogP contribution is 2.23. The van der Waals surface area contributed by atoms with Crippen LogP contribution in [0.4, 0.5) is 5.69 Å². The number of amides is 4. The fourth-order valence-corrected chi connectivity index (χ4v) is 2.74. The number of nitrogens with zero attached hydrogens (tertiary/aromatic N) is 1. The minimum Gasteiger partial charge on any atom is -0.468 e. The summed E-state index contributed by atoms with van der Waals surface area (Å²) in [6, 6.07) is 10.3. The third-order valence-corrected chi connectivity index (χ3v) is 4.38. The van der Waals surface area contributed by atoms with Crippen LogP contribution in [0.2, 0.25) is 0 Å². The average Bonchev–Trinajstić information content (AvgIpc) is 2.95. The number of rotatable bonds is 5. The Kier molecular flexibility index (Phi) is 5.40. The first kappa shape index (κ1) is 19.7. The van der Waals surface area contributed by atoms with Gasteiger partial charge < -0.3 is 15.4 Å². The molecule has 2 aromatic carbocycles. The lowest BCUT2D eigenvalue weighted by molar-refractivity contribution is -0.139. The summed E-state index contributed by atoms with van der Waals surface area (Å²) >= 11 is 0. The number of carbonyl (C=O) groups excluding carboxylic acids is 5. The van der Waals surface area contributed by atoms with Crippen LogP contribution in [0.1, 0.15) is 41.4 Å². The maximum absolute atomic E-state index is 12.5. The molecule has 148 valence electrons. The molecule has 9 heteroatoms. The van der Waals surface area contributed by atoms with E-state index in [2.05, 4.69) is 15.4 Å². The molecule has 0 saturated carbocycles. The van der Waals surface area contributed by atoms with E-state index in [0.29, 0.717) is 11.3 Å². The number of ether oxygens (including phenoxy) is 1. The van der Waals surface area contributed by atoms with Crippen LogP contribution < -0.4 is 10.6 Å². The van der Waals surface area contributed by atoms with Gasteiger partial charge >= 0.3 is 5.97 Å². The molecule has 2 aromatic rings. The van der Waals surface area contributed by atoms with Crippen LogP contribution in [-0.4, -0.2) is 55.2 Å². The lowest BCUT2D eigenvalue weighted by Crippen LogP contribution is -2.30. The fraction of sp³-hybridized carbons (Fsp3) is 0.150. The Balaban J connectivity index is 1.67. The van der Waals surface area contributed by atoms with Gasteiger partial charge in [0.25, 0.3) is 23.6 Å². The van der Waals surface area contributed by atoms with Gasteiger partial charge in [-0.2, -0.15) is 0 Å². The van der Waals surface area contributed by atoms with Crippen LogP contribution in [0.25, 0.3) is 0 Å². The number of fused-ring (bicyclic) bond motifs is 1. The van der Waals surface area contributed by atoms with E-state index in [1.807, 2.05) is 0 Å². The summed E-state index contributed by atoms with van der Waals surface area (Å²) in [5.74, 6) is -2.35. The molecule has 2 N–H and O–H groups in total. The standard InChI is InChI=1S/C20H17N3O6/c1-23-19(27)14-8-5-12(9-15(14)20(23)28)18(26)22-13-6-3-11(4-7-13)17(25)21-10-16(24)29-2/h3-9H,10H2,1-2H3,(H,21,25)(H,22,26). The van der Waals surface area contributed by atoms with E-state index in [1.54, 1.807) is 0 Å². The summed E-state index contributed by atoms with van der Waals surface area (Å²) in [7, 11) is 2.60. The number of nitrogens with one attached hydrogen (secondary N) is 2. The Bertz CT molecular complexity index is 1030. The van der Waals surface area contributed by atoms with Crippen LogP contribution in [0, 0.1) is 0 Å². The summed E-state index contributed by atoms with van der Waals surface area (Å²) < 4.78 is 4.44. The van der Waals surface area contributed by atoms with Gasteiger partial charge in [0, 0.05) is 23.9 Å². The van der Waals surface area contributed by atoms with Crippen LogP contribution >= 0.6 is 0 Å². The molecule has 4 amide bonds. The number of hydrogen-bond acceptors (Lipinski definition) is 6. The number of esters is 1. The van der Waals surface area contributed by atoms with Gasteiger partial charge in [0.1, 0.15) is 6.54 Å². The van der Waals surface area contributed by atoms with Crippen LogP contribution in [-0.2, 0) is 9.53 Å².